The standard InChI is InChI=1S/C12H14FNS/c13-10-3-5-11(6-4-10)15-12(9-14)7-1-2-8-12/h1-6H,7-9,14H2. The lowest BCUT2D eigenvalue weighted by atomic mass is 10.1. The highest BCUT2D eigenvalue weighted by molar-refractivity contribution is 8.00. The summed E-state index contributed by atoms with van der Waals surface area (Å²) < 4.78 is 12.8. The normalized spacial score (nSPS) is 18.3. The van der Waals surface area contributed by atoms with E-state index in [0.717, 1.165) is 17.7 Å². The molecular weight excluding hydrogens is 209 g/mol. The molecule has 0 bridgehead atoms. The maximum absolute atomic E-state index is 12.7. The van der Waals surface area contributed by atoms with Crippen LogP contribution < -0.4 is 5.73 Å². The van der Waals surface area contributed by atoms with Crippen LogP contribution in [0.4, 0.5) is 4.39 Å². The second kappa shape index (κ2) is 4.37. The number of benzene rings is 1. The second-order valence-corrected chi connectivity index (χ2v) is 5.36. The van der Waals surface area contributed by atoms with E-state index in [0.29, 0.717) is 6.54 Å². The van der Waals surface area contributed by atoms with Gasteiger partial charge in [0.1, 0.15) is 5.82 Å². The minimum atomic E-state index is -0.189. The van der Waals surface area contributed by atoms with Crippen molar-refractivity contribution in [1.29, 1.82) is 0 Å². The summed E-state index contributed by atoms with van der Waals surface area (Å²) in [5, 5.41) is 0. The Kier molecular flexibility index (Phi) is 3.12. The predicted molar refractivity (Wildman–Crippen MR) is 62.4 cm³/mol. The summed E-state index contributed by atoms with van der Waals surface area (Å²) in [6, 6.07) is 6.62. The number of hydrogen-bond donors (Lipinski definition) is 1. The fourth-order valence-corrected chi connectivity index (χ4v) is 2.94. The highest BCUT2D eigenvalue weighted by Gasteiger charge is 2.30. The van der Waals surface area contributed by atoms with Crippen molar-refractivity contribution in [3.8, 4) is 0 Å². The van der Waals surface area contributed by atoms with Crippen molar-refractivity contribution in [3.63, 3.8) is 0 Å². The summed E-state index contributed by atoms with van der Waals surface area (Å²) >= 11 is 1.75. The van der Waals surface area contributed by atoms with Crippen LogP contribution in [0.2, 0.25) is 0 Å². The van der Waals surface area contributed by atoms with Crippen LogP contribution in [0, 0.1) is 5.82 Å². The number of nitrogens with two attached hydrogens (primary N) is 1. The maximum Gasteiger partial charge on any atom is 0.123 e. The third-order valence-electron chi connectivity index (χ3n) is 2.67. The van der Waals surface area contributed by atoms with Gasteiger partial charge in [-0.25, -0.2) is 4.39 Å². The Morgan fingerprint density at radius 3 is 2.33 bits per heavy atom. The average Bonchev–Trinajstić information content (AvgIpc) is 2.71. The van der Waals surface area contributed by atoms with Gasteiger partial charge in [-0.05, 0) is 37.1 Å². The molecule has 0 spiro atoms. The lowest BCUT2D eigenvalue weighted by molar-refractivity contribution is 0.625. The average molecular weight is 223 g/mol. The third-order valence-corrected chi connectivity index (χ3v) is 4.11. The largest absolute Gasteiger partial charge is 0.329 e. The van der Waals surface area contributed by atoms with Gasteiger partial charge in [-0.15, -0.1) is 11.8 Å². The summed E-state index contributed by atoms with van der Waals surface area (Å²) in [4.78, 5) is 1.09. The number of allylic oxidation sites excluding steroid dienone is 2. The predicted octanol–water partition coefficient (Wildman–Crippen LogP) is 2.97. The molecule has 0 aliphatic heterocycles. The van der Waals surface area contributed by atoms with Crippen molar-refractivity contribution in [2.75, 3.05) is 6.54 Å². The van der Waals surface area contributed by atoms with E-state index < -0.39 is 0 Å². The van der Waals surface area contributed by atoms with Gasteiger partial charge in [-0.3, -0.25) is 0 Å². The number of rotatable bonds is 3. The molecule has 0 saturated carbocycles. The van der Waals surface area contributed by atoms with Crippen LogP contribution in [-0.4, -0.2) is 11.3 Å². The molecule has 0 unspecified atom stereocenters. The van der Waals surface area contributed by atoms with E-state index in [-0.39, 0.29) is 10.6 Å². The van der Waals surface area contributed by atoms with E-state index in [1.165, 1.54) is 12.1 Å². The molecule has 0 radical (unpaired) electrons. The molecule has 1 aliphatic rings. The SMILES string of the molecule is NCC1(Sc2ccc(F)cc2)CC=CC1. The maximum atomic E-state index is 12.7. The lowest BCUT2D eigenvalue weighted by Crippen LogP contribution is -2.31. The first-order chi connectivity index (χ1) is 7.24. The van der Waals surface area contributed by atoms with Gasteiger partial charge in [0.2, 0.25) is 0 Å². The zero-order chi connectivity index (χ0) is 10.7. The molecule has 1 aromatic carbocycles. The smallest absolute Gasteiger partial charge is 0.123 e. The van der Waals surface area contributed by atoms with Crippen molar-refractivity contribution >= 4 is 11.8 Å². The molecule has 1 aromatic rings. The Balaban J connectivity index is 2.10. The van der Waals surface area contributed by atoms with Crippen LogP contribution in [0.15, 0.2) is 41.3 Å². The molecule has 2 rings (SSSR count). The van der Waals surface area contributed by atoms with Gasteiger partial charge in [0.15, 0.2) is 0 Å². The first-order valence-corrected chi connectivity index (χ1v) is 5.85. The van der Waals surface area contributed by atoms with Crippen molar-refractivity contribution in [2.24, 2.45) is 5.73 Å². The quantitative estimate of drug-likeness (QED) is 0.797. The molecule has 1 nitrogen and oxygen atoms in total. The Hall–Kier alpha value is -0.800. The fraction of sp³-hybridized carbons (Fsp3) is 0.333. The van der Waals surface area contributed by atoms with E-state index in [1.54, 1.807) is 11.8 Å². The molecule has 0 fully saturated rings. The van der Waals surface area contributed by atoms with Gasteiger partial charge < -0.3 is 5.73 Å². The number of thioether (sulfide) groups is 1. The molecule has 0 atom stereocenters. The number of hydrogen-bond acceptors (Lipinski definition) is 2. The summed E-state index contributed by atoms with van der Waals surface area (Å²) in [7, 11) is 0. The highest BCUT2D eigenvalue weighted by Crippen LogP contribution is 2.41. The molecule has 0 heterocycles. The molecule has 0 saturated heterocycles. The zero-order valence-electron chi connectivity index (χ0n) is 8.45. The summed E-state index contributed by atoms with van der Waals surface area (Å²) in [6.45, 7) is 0.655. The molecule has 2 N–H and O–H groups in total. The van der Waals surface area contributed by atoms with Gasteiger partial charge in [0, 0.05) is 16.2 Å². The van der Waals surface area contributed by atoms with Crippen molar-refractivity contribution in [1.82, 2.24) is 0 Å². The zero-order valence-corrected chi connectivity index (χ0v) is 9.27. The van der Waals surface area contributed by atoms with Gasteiger partial charge in [-0.2, -0.15) is 0 Å². The van der Waals surface area contributed by atoms with Crippen LogP contribution >= 0.6 is 11.8 Å². The van der Waals surface area contributed by atoms with E-state index in [4.69, 9.17) is 5.73 Å². The topological polar surface area (TPSA) is 26.0 Å². The highest BCUT2D eigenvalue weighted by atomic mass is 32.2. The summed E-state index contributed by atoms with van der Waals surface area (Å²) in [6.07, 6.45) is 6.35. The van der Waals surface area contributed by atoms with Gasteiger partial charge in [0.05, 0.1) is 0 Å². The molecule has 3 heteroatoms. The van der Waals surface area contributed by atoms with Crippen LogP contribution in [-0.2, 0) is 0 Å². The molecule has 15 heavy (non-hydrogen) atoms. The van der Waals surface area contributed by atoms with Crippen molar-refractivity contribution in [3.05, 3.63) is 42.2 Å². The van der Waals surface area contributed by atoms with Crippen LogP contribution in [0.1, 0.15) is 12.8 Å². The van der Waals surface area contributed by atoms with E-state index in [9.17, 15) is 4.39 Å². The summed E-state index contributed by atoms with van der Waals surface area (Å²) in [5.41, 5.74) is 5.81. The Morgan fingerprint density at radius 1 is 1.20 bits per heavy atom. The van der Waals surface area contributed by atoms with Crippen LogP contribution in [0.3, 0.4) is 0 Å². The molecule has 0 amide bonds. The minimum absolute atomic E-state index is 0.0951. The van der Waals surface area contributed by atoms with Crippen molar-refractivity contribution < 1.29 is 4.39 Å². The fourth-order valence-electron chi connectivity index (χ4n) is 1.72. The van der Waals surface area contributed by atoms with Crippen molar-refractivity contribution in [2.45, 2.75) is 22.5 Å². The van der Waals surface area contributed by atoms with Crippen LogP contribution in [0.25, 0.3) is 0 Å². The molecule has 80 valence electrons. The van der Waals surface area contributed by atoms with E-state index in [2.05, 4.69) is 12.2 Å². The first kappa shape index (κ1) is 10.7. The monoisotopic (exact) mass is 223 g/mol. The van der Waals surface area contributed by atoms with Gasteiger partial charge >= 0.3 is 0 Å². The molecule has 1 aliphatic carbocycles. The second-order valence-electron chi connectivity index (χ2n) is 3.82. The summed E-state index contributed by atoms with van der Waals surface area (Å²) in [5.74, 6) is -0.189. The minimum Gasteiger partial charge on any atom is -0.329 e. The van der Waals surface area contributed by atoms with E-state index in [1.807, 2.05) is 12.1 Å². The van der Waals surface area contributed by atoms with Crippen LogP contribution in [0.5, 0.6) is 0 Å². The Morgan fingerprint density at radius 2 is 1.80 bits per heavy atom. The lowest BCUT2D eigenvalue weighted by Gasteiger charge is -2.26. The van der Waals surface area contributed by atoms with Gasteiger partial charge in [-0.1, -0.05) is 12.2 Å². The van der Waals surface area contributed by atoms with Gasteiger partial charge in [0.25, 0.3) is 0 Å². The molecular formula is C12H14FNS. The Labute approximate surface area is 93.6 Å². The first-order valence-electron chi connectivity index (χ1n) is 5.04. The van der Waals surface area contributed by atoms with E-state index >= 15 is 0 Å². The molecule has 0 aromatic heterocycles. The third kappa shape index (κ3) is 2.41. The number of halogens is 1. The Bertz CT molecular complexity index is 350.